The van der Waals surface area contributed by atoms with Crippen LogP contribution in [0.1, 0.15) is 19.4 Å². The van der Waals surface area contributed by atoms with Crippen LogP contribution in [0.3, 0.4) is 0 Å². The van der Waals surface area contributed by atoms with Gasteiger partial charge in [0.15, 0.2) is 11.5 Å². The summed E-state index contributed by atoms with van der Waals surface area (Å²) in [4.78, 5) is 0. The summed E-state index contributed by atoms with van der Waals surface area (Å²) in [5.41, 5.74) is 0.689. The topological polar surface area (TPSA) is 38.7 Å². The number of hydrogen-bond donors (Lipinski definition) is 1. The predicted molar refractivity (Wildman–Crippen MR) is 62.1 cm³/mol. The summed E-state index contributed by atoms with van der Waals surface area (Å²) < 4.78 is 11.3. The Morgan fingerprint density at radius 3 is 2.69 bits per heavy atom. The standard InChI is InChI=1S/C12H15ClO3/c1-12(2)6-15-10-4-8(5-14)3-9(13)11(10)16-7-12/h3-4,14H,5-7H2,1-2H3. The van der Waals surface area contributed by atoms with E-state index in [0.717, 1.165) is 5.56 Å². The van der Waals surface area contributed by atoms with Gasteiger partial charge in [-0.3, -0.25) is 0 Å². The molecular weight excluding hydrogens is 228 g/mol. The van der Waals surface area contributed by atoms with Gasteiger partial charge in [-0.25, -0.2) is 0 Å². The third kappa shape index (κ3) is 2.25. The number of rotatable bonds is 1. The molecule has 2 rings (SSSR count). The molecule has 0 saturated heterocycles. The highest BCUT2D eigenvalue weighted by molar-refractivity contribution is 6.32. The summed E-state index contributed by atoms with van der Waals surface area (Å²) in [7, 11) is 0. The fraction of sp³-hybridized carbons (Fsp3) is 0.500. The van der Waals surface area contributed by atoms with Crippen LogP contribution in [0.4, 0.5) is 0 Å². The summed E-state index contributed by atoms with van der Waals surface area (Å²) in [5.74, 6) is 1.19. The van der Waals surface area contributed by atoms with Gasteiger partial charge in [0.2, 0.25) is 0 Å². The first-order chi connectivity index (χ1) is 7.52. The smallest absolute Gasteiger partial charge is 0.179 e. The van der Waals surface area contributed by atoms with E-state index in [2.05, 4.69) is 13.8 Å². The van der Waals surface area contributed by atoms with E-state index in [-0.39, 0.29) is 12.0 Å². The van der Waals surface area contributed by atoms with E-state index in [1.54, 1.807) is 12.1 Å². The van der Waals surface area contributed by atoms with Crippen molar-refractivity contribution >= 4 is 11.6 Å². The lowest BCUT2D eigenvalue weighted by Gasteiger charge is -2.19. The highest BCUT2D eigenvalue weighted by Gasteiger charge is 2.26. The molecule has 1 aromatic rings. The van der Waals surface area contributed by atoms with E-state index in [1.165, 1.54) is 0 Å². The molecule has 0 fully saturated rings. The van der Waals surface area contributed by atoms with E-state index >= 15 is 0 Å². The first kappa shape index (κ1) is 11.6. The van der Waals surface area contributed by atoms with Crippen LogP contribution in [0, 0.1) is 5.41 Å². The molecule has 0 radical (unpaired) electrons. The van der Waals surface area contributed by atoms with Gasteiger partial charge in [0, 0.05) is 5.41 Å². The summed E-state index contributed by atoms with van der Waals surface area (Å²) in [6.07, 6.45) is 0. The minimum Gasteiger partial charge on any atom is -0.489 e. The van der Waals surface area contributed by atoms with Crippen LogP contribution in [0.15, 0.2) is 12.1 Å². The van der Waals surface area contributed by atoms with E-state index in [4.69, 9.17) is 26.2 Å². The van der Waals surface area contributed by atoms with Crippen LogP contribution < -0.4 is 9.47 Å². The number of halogens is 1. The highest BCUT2D eigenvalue weighted by atomic mass is 35.5. The van der Waals surface area contributed by atoms with E-state index in [0.29, 0.717) is 29.7 Å². The molecule has 0 spiro atoms. The van der Waals surface area contributed by atoms with Crippen LogP contribution in [0.2, 0.25) is 5.02 Å². The Balaban J connectivity index is 2.38. The number of benzene rings is 1. The molecule has 1 aliphatic rings. The molecule has 0 unspecified atom stereocenters. The number of fused-ring (bicyclic) bond motifs is 1. The van der Waals surface area contributed by atoms with Gasteiger partial charge in [-0.1, -0.05) is 25.4 Å². The lowest BCUT2D eigenvalue weighted by Crippen LogP contribution is -2.26. The average molecular weight is 243 g/mol. The Bertz CT molecular complexity index is 401. The molecule has 3 nitrogen and oxygen atoms in total. The zero-order valence-corrected chi connectivity index (χ0v) is 10.2. The molecule has 0 saturated carbocycles. The summed E-state index contributed by atoms with van der Waals surface area (Å²) in [5, 5.41) is 9.57. The Morgan fingerprint density at radius 2 is 2.00 bits per heavy atom. The molecule has 0 atom stereocenters. The Kier molecular flexibility index (Phi) is 3.00. The van der Waals surface area contributed by atoms with Crippen molar-refractivity contribution in [1.82, 2.24) is 0 Å². The SMILES string of the molecule is CC1(C)COc2cc(CO)cc(Cl)c2OC1. The number of hydrogen-bond acceptors (Lipinski definition) is 3. The van der Waals surface area contributed by atoms with Crippen LogP contribution in [-0.2, 0) is 6.61 Å². The zero-order chi connectivity index (χ0) is 11.8. The number of aliphatic hydroxyl groups is 1. The maximum absolute atomic E-state index is 9.08. The van der Waals surface area contributed by atoms with Gasteiger partial charge in [-0.2, -0.15) is 0 Å². The molecule has 1 heterocycles. The molecule has 0 bridgehead atoms. The van der Waals surface area contributed by atoms with Gasteiger partial charge in [0.25, 0.3) is 0 Å². The van der Waals surface area contributed by atoms with Crippen LogP contribution >= 0.6 is 11.6 Å². The van der Waals surface area contributed by atoms with Crippen molar-refractivity contribution < 1.29 is 14.6 Å². The molecule has 0 aliphatic carbocycles. The number of aliphatic hydroxyl groups excluding tert-OH is 1. The van der Waals surface area contributed by atoms with E-state index in [9.17, 15) is 0 Å². The van der Waals surface area contributed by atoms with Gasteiger partial charge < -0.3 is 14.6 Å². The Hall–Kier alpha value is -0.930. The van der Waals surface area contributed by atoms with Gasteiger partial charge in [0.1, 0.15) is 0 Å². The molecule has 88 valence electrons. The monoisotopic (exact) mass is 242 g/mol. The van der Waals surface area contributed by atoms with E-state index in [1.807, 2.05) is 0 Å². The maximum Gasteiger partial charge on any atom is 0.179 e. The quantitative estimate of drug-likeness (QED) is 0.823. The minimum absolute atomic E-state index is 0.0400. The van der Waals surface area contributed by atoms with Gasteiger partial charge in [-0.15, -0.1) is 0 Å². The average Bonchev–Trinajstić information content (AvgIpc) is 2.38. The molecule has 1 N–H and O–H groups in total. The van der Waals surface area contributed by atoms with Crippen molar-refractivity contribution in [3.8, 4) is 11.5 Å². The van der Waals surface area contributed by atoms with Crippen LogP contribution in [-0.4, -0.2) is 18.3 Å². The third-order valence-electron chi connectivity index (χ3n) is 2.48. The van der Waals surface area contributed by atoms with Gasteiger partial charge >= 0.3 is 0 Å². The molecule has 1 aromatic carbocycles. The zero-order valence-electron chi connectivity index (χ0n) is 9.42. The second kappa shape index (κ2) is 4.15. The molecule has 4 heteroatoms. The third-order valence-corrected chi connectivity index (χ3v) is 2.76. The fourth-order valence-corrected chi connectivity index (χ4v) is 1.83. The molecular formula is C12H15ClO3. The van der Waals surface area contributed by atoms with Crippen molar-refractivity contribution in [3.63, 3.8) is 0 Å². The highest BCUT2D eigenvalue weighted by Crippen LogP contribution is 2.40. The lowest BCUT2D eigenvalue weighted by molar-refractivity contribution is 0.140. The molecule has 1 aliphatic heterocycles. The predicted octanol–water partition coefficient (Wildman–Crippen LogP) is 2.63. The van der Waals surface area contributed by atoms with Crippen molar-refractivity contribution in [3.05, 3.63) is 22.7 Å². The fourth-order valence-electron chi connectivity index (χ4n) is 1.54. The molecule has 0 amide bonds. The Labute approximate surface area is 99.9 Å². The second-order valence-corrected chi connectivity index (χ2v) is 5.21. The van der Waals surface area contributed by atoms with Crippen molar-refractivity contribution in [1.29, 1.82) is 0 Å². The van der Waals surface area contributed by atoms with Crippen molar-refractivity contribution in [2.75, 3.05) is 13.2 Å². The summed E-state index contributed by atoms with van der Waals surface area (Å²) in [6.45, 7) is 5.22. The first-order valence-electron chi connectivity index (χ1n) is 5.21. The largest absolute Gasteiger partial charge is 0.489 e. The van der Waals surface area contributed by atoms with Crippen molar-refractivity contribution in [2.45, 2.75) is 20.5 Å². The van der Waals surface area contributed by atoms with Crippen LogP contribution in [0.25, 0.3) is 0 Å². The van der Waals surface area contributed by atoms with Crippen molar-refractivity contribution in [2.24, 2.45) is 5.41 Å². The summed E-state index contributed by atoms with van der Waals surface area (Å²) in [6, 6.07) is 3.46. The molecule has 16 heavy (non-hydrogen) atoms. The first-order valence-corrected chi connectivity index (χ1v) is 5.58. The van der Waals surface area contributed by atoms with Crippen LogP contribution in [0.5, 0.6) is 11.5 Å². The minimum atomic E-state index is -0.0558. The van der Waals surface area contributed by atoms with Gasteiger partial charge in [-0.05, 0) is 17.7 Å². The van der Waals surface area contributed by atoms with Gasteiger partial charge in [0.05, 0.1) is 24.8 Å². The second-order valence-electron chi connectivity index (χ2n) is 4.80. The normalized spacial score (nSPS) is 18.0. The lowest BCUT2D eigenvalue weighted by atomic mass is 9.97. The maximum atomic E-state index is 9.08. The molecule has 0 aromatic heterocycles. The van der Waals surface area contributed by atoms with E-state index < -0.39 is 0 Å². The number of ether oxygens (including phenoxy) is 2. The Morgan fingerprint density at radius 1 is 1.31 bits per heavy atom. The summed E-state index contributed by atoms with van der Waals surface area (Å²) >= 11 is 6.08.